The first-order valence-corrected chi connectivity index (χ1v) is 10.2. The van der Waals surface area contributed by atoms with Gasteiger partial charge in [-0.2, -0.15) is 0 Å². The Kier molecular flexibility index (Phi) is 6.70. The summed E-state index contributed by atoms with van der Waals surface area (Å²) in [6.07, 6.45) is 0. The molecule has 0 aliphatic rings. The maximum atomic E-state index is 12.3. The van der Waals surface area contributed by atoms with Crippen molar-refractivity contribution in [1.29, 1.82) is 0 Å². The molecule has 0 unspecified atom stereocenters. The maximum Gasteiger partial charge on any atom is 0.373 e. The number of hydrogen-bond acceptors (Lipinski definition) is 3. The van der Waals surface area contributed by atoms with E-state index in [0.29, 0.717) is 18.2 Å². The van der Waals surface area contributed by atoms with E-state index in [2.05, 4.69) is 11.9 Å². The minimum atomic E-state index is -2.54. The second-order valence-electron chi connectivity index (χ2n) is 5.89. The lowest BCUT2D eigenvalue weighted by molar-refractivity contribution is 0.0955. The monoisotopic (exact) mass is 355 g/mol. The van der Waals surface area contributed by atoms with Crippen molar-refractivity contribution in [3.63, 3.8) is 0 Å². The van der Waals surface area contributed by atoms with Crippen molar-refractivity contribution < 1.29 is 13.6 Å². The van der Waals surface area contributed by atoms with Gasteiger partial charge >= 0.3 is 8.56 Å². The summed E-state index contributed by atoms with van der Waals surface area (Å²) < 4.78 is 11.5. The van der Waals surface area contributed by atoms with Gasteiger partial charge < -0.3 is 14.2 Å². The Labute approximate surface area is 150 Å². The Morgan fingerprint density at radius 2 is 1.56 bits per heavy atom. The van der Waals surface area contributed by atoms with E-state index in [4.69, 9.17) is 8.85 Å². The van der Waals surface area contributed by atoms with Gasteiger partial charge in [0.2, 0.25) is 0 Å². The van der Waals surface area contributed by atoms with Gasteiger partial charge in [-0.15, -0.1) is 0 Å². The summed E-state index contributed by atoms with van der Waals surface area (Å²) in [5.74, 6) is -0.101. The van der Waals surface area contributed by atoms with Crippen LogP contribution < -0.4 is 10.5 Å². The van der Waals surface area contributed by atoms with Crippen LogP contribution >= 0.6 is 0 Å². The van der Waals surface area contributed by atoms with E-state index >= 15 is 0 Å². The molecule has 25 heavy (non-hydrogen) atoms. The van der Waals surface area contributed by atoms with Gasteiger partial charge in [-0.1, -0.05) is 54.6 Å². The third-order valence-electron chi connectivity index (χ3n) is 4.25. The van der Waals surface area contributed by atoms with Gasteiger partial charge in [0.1, 0.15) is 0 Å². The minimum Gasteiger partial charge on any atom is -0.394 e. The van der Waals surface area contributed by atoms with Crippen molar-refractivity contribution in [1.82, 2.24) is 5.32 Å². The van der Waals surface area contributed by atoms with Crippen LogP contribution in [-0.2, 0) is 8.85 Å². The average molecular weight is 356 g/mol. The standard InChI is InChI=1S/C20H25NO3Si/c1-16(2)17-10-12-18(13-11-17)20(22)21-14-15-25(23-3,24-4)19-8-6-5-7-9-19/h5-13H,1,14-15H2,2-4H3,(H,21,22). The van der Waals surface area contributed by atoms with Crippen LogP contribution in [0.15, 0.2) is 61.2 Å². The quantitative estimate of drug-likeness (QED) is 0.740. The molecule has 0 atom stereocenters. The van der Waals surface area contributed by atoms with Gasteiger partial charge in [-0.3, -0.25) is 4.79 Å². The third-order valence-corrected chi connectivity index (χ3v) is 7.69. The second-order valence-corrected chi connectivity index (χ2v) is 9.29. The largest absolute Gasteiger partial charge is 0.394 e. The molecule has 0 aromatic heterocycles. The van der Waals surface area contributed by atoms with E-state index in [-0.39, 0.29) is 5.91 Å². The number of benzene rings is 2. The summed E-state index contributed by atoms with van der Waals surface area (Å²) in [7, 11) is 0.798. The fraction of sp³-hybridized carbons (Fsp3) is 0.250. The first-order valence-electron chi connectivity index (χ1n) is 8.22. The van der Waals surface area contributed by atoms with Crippen molar-refractivity contribution in [3.8, 4) is 0 Å². The normalized spacial score (nSPS) is 11.2. The van der Waals surface area contributed by atoms with Gasteiger partial charge in [0.05, 0.1) is 0 Å². The molecule has 0 spiro atoms. The molecule has 1 N–H and O–H groups in total. The summed E-state index contributed by atoms with van der Waals surface area (Å²) in [5.41, 5.74) is 2.64. The number of allylic oxidation sites excluding steroid dienone is 1. The number of nitrogens with one attached hydrogen (secondary N) is 1. The molecule has 2 rings (SSSR count). The number of carbonyl (C=O) groups is 1. The second kappa shape index (κ2) is 8.76. The lowest BCUT2D eigenvalue weighted by Crippen LogP contribution is -2.54. The Balaban J connectivity index is 2.00. The van der Waals surface area contributed by atoms with Gasteiger partial charge in [0, 0.05) is 32.4 Å². The molecule has 2 aromatic rings. The molecule has 0 aliphatic carbocycles. The predicted octanol–water partition coefficient (Wildman–Crippen LogP) is 3.09. The molecule has 0 fully saturated rings. The van der Waals surface area contributed by atoms with Crippen molar-refractivity contribution in [3.05, 3.63) is 72.3 Å². The highest BCUT2D eigenvalue weighted by Gasteiger charge is 2.37. The van der Waals surface area contributed by atoms with Crippen LogP contribution in [-0.4, -0.2) is 35.2 Å². The minimum absolute atomic E-state index is 0.101. The fourth-order valence-electron chi connectivity index (χ4n) is 2.71. The van der Waals surface area contributed by atoms with E-state index in [0.717, 1.165) is 16.3 Å². The van der Waals surface area contributed by atoms with E-state index < -0.39 is 8.56 Å². The first-order chi connectivity index (χ1) is 12.0. The van der Waals surface area contributed by atoms with Crippen molar-refractivity contribution in [2.45, 2.75) is 13.0 Å². The molecular formula is C20H25NO3Si. The molecule has 2 aromatic carbocycles. The third kappa shape index (κ3) is 4.66. The van der Waals surface area contributed by atoms with E-state index in [1.165, 1.54) is 0 Å². The topological polar surface area (TPSA) is 47.6 Å². The molecule has 0 saturated carbocycles. The van der Waals surface area contributed by atoms with Crippen LogP contribution in [0, 0.1) is 0 Å². The molecule has 0 bridgehead atoms. The Bertz CT molecular complexity index is 709. The zero-order chi connectivity index (χ0) is 18.3. The molecule has 0 heterocycles. The number of rotatable bonds is 8. The van der Waals surface area contributed by atoms with Gasteiger partial charge in [0.15, 0.2) is 0 Å². The Morgan fingerprint density at radius 3 is 2.08 bits per heavy atom. The SMILES string of the molecule is C=C(C)c1ccc(C(=O)NCC[Si](OC)(OC)c2ccccc2)cc1. The average Bonchev–Trinajstić information content (AvgIpc) is 2.66. The molecule has 5 heteroatoms. The molecule has 0 radical (unpaired) electrons. The van der Waals surface area contributed by atoms with Crippen molar-refractivity contribution in [2.24, 2.45) is 0 Å². The highest BCUT2D eigenvalue weighted by molar-refractivity contribution is 6.81. The summed E-state index contributed by atoms with van der Waals surface area (Å²) in [4.78, 5) is 12.3. The summed E-state index contributed by atoms with van der Waals surface area (Å²) in [5, 5.41) is 4.01. The van der Waals surface area contributed by atoms with E-state index in [1.807, 2.05) is 61.5 Å². The van der Waals surface area contributed by atoms with Gasteiger partial charge in [-0.05, 0) is 29.8 Å². The number of amides is 1. The highest BCUT2D eigenvalue weighted by atomic mass is 28.4. The highest BCUT2D eigenvalue weighted by Crippen LogP contribution is 2.14. The van der Waals surface area contributed by atoms with Crippen LogP contribution in [0.3, 0.4) is 0 Å². The van der Waals surface area contributed by atoms with E-state index in [1.54, 1.807) is 14.2 Å². The van der Waals surface area contributed by atoms with Crippen LogP contribution in [0.1, 0.15) is 22.8 Å². The molecular weight excluding hydrogens is 330 g/mol. The first kappa shape index (κ1) is 19.1. The summed E-state index contributed by atoms with van der Waals surface area (Å²) in [6, 6.07) is 18.0. The summed E-state index contributed by atoms with van der Waals surface area (Å²) in [6.45, 7) is 6.33. The number of carbonyl (C=O) groups excluding carboxylic acids is 1. The van der Waals surface area contributed by atoms with Crippen LogP contribution in [0.4, 0.5) is 0 Å². The van der Waals surface area contributed by atoms with Crippen molar-refractivity contribution >= 4 is 25.2 Å². The maximum absolute atomic E-state index is 12.3. The lowest BCUT2D eigenvalue weighted by Gasteiger charge is -2.27. The van der Waals surface area contributed by atoms with Crippen LogP contribution in [0.2, 0.25) is 6.04 Å². The lowest BCUT2D eigenvalue weighted by atomic mass is 10.1. The summed E-state index contributed by atoms with van der Waals surface area (Å²) >= 11 is 0. The number of hydrogen-bond donors (Lipinski definition) is 1. The Morgan fingerprint density at radius 1 is 1.00 bits per heavy atom. The van der Waals surface area contributed by atoms with Crippen molar-refractivity contribution in [2.75, 3.05) is 20.8 Å². The fourth-order valence-corrected chi connectivity index (χ4v) is 5.20. The molecule has 0 saturated heterocycles. The van der Waals surface area contributed by atoms with E-state index in [9.17, 15) is 4.79 Å². The van der Waals surface area contributed by atoms with Gasteiger partial charge in [-0.25, -0.2) is 0 Å². The zero-order valence-corrected chi connectivity index (χ0v) is 16.0. The smallest absolute Gasteiger partial charge is 0.373 e. The Hall–Kier alpha value is -2.21. The molecule has 0 aliphatic heterocycles. The zero-order valence-electron chi connectivity index (χ0n) is 15.0. The predicted molar refractivity (Wildman–Crippen MR) is 104 cm³/mol. The van der Waals surface area contributed by atoms with Gasteiger partial charge in [0.25, 0.3) is 5.91 Å². The molecule has 4 nitrogen and oxygen atoms in total. The molecule has 1 amide bonds. The van der Waals surface area contributed by atoms with Crippen LogP contribution in [0.25, 0.3) is 5.57 Å². The molecule has 132 valence electrons. The van der Waals surface area contributed by atoms with Crippen LogP contribution in [0.5, 0.6) is 0 Å².